The molecule has 1 aromatic rings. The zero-order valence-electron chi connectivity index (χ0n) is 11.8. The van der Waals surface area contributed by atoms with Gasteiger partial charge >= 0.3 is 5.97 Å². The third-order valence-corrected chi connectivity index (χ3v) is 4.95. The zero-order valence-corrected chi connectivity index (χ0v) is 12.6. The molecule has 0 aromatic heterocycles. The largest absolute Gasteiger partial charge is 0.478 e. The highest BCUT2D eigenvalue weighted by atomic mass is 32.2. The molecule has 1 aliphatic heterocycles. The molecule has 1 unspecified atom stereocenters. The van der Waals surface area contributed by atoms with E-state index in [1.54, 1.807) is 6.92 Å². The molecular formula is C14H19NO5S. The van der Waals surface area contributed by atoms with Crippen LogP contribution in [0.3, 0.4) is 0 Å². The maximum atomic E-state index is 12.2. The average molecular weight is 313 g/mol. The number of hydrogen-bond acceptors (Lipinski definition) is 4. The summed E-state index contributed by atoms with van der Waals surface area (Å²) in [4.78, 5) is 11.0. The molecule has 2 N–H and O–H groups in total. The molecule has 21 heavy (non-hydrogen) atoms. The summed E-state index contributed by atoms with van der Waals surface area (Å²) in [6.07, 6.45) is 2.75. The van der Waals surface area contributed by atoms with Crippen molar-refractivity contribution in [2.24, 2.45) is 0 Å². The van der Waals surface area contributed by atoms with E-state index < -0.39 is 16.0 Å². The van der Waals surface area contributed by atoms with E-state index in [0.717, 1.165) is 19.3 Å². The summed E-state index contributed by atoms with van der Waals surface area (Å²) in [6.45, 7) is 2.49. The Morgan fingerprint density at radius 3 is 2.81 bits per heavy atom. The third-order valence-electron chi connectivity index (χ3n) is 3.52. The highest BCUT2D eigenvalue weighted by molar-refractivity contribution is 7.89. The molecule has 0 aliphatic carbocycles. The van der Waals surface area contributed by atoms with E-state index in [9.17, 15) is 13.2 Å². The maximum absolute atomic E-state index is 12.2. The van der Waals surface area contributed by atoms with Crippen molar-refractivity contribution in [2.45, 2.75) is 37.2 Å². The standard InChI is InChI=1S/C14H19NO5S/c1-10-5-6-12(8-13(10)14(16)17)21(18,19)15-9-11-4-2-3-7-20-11/h5-6,8,11,15H,2-4,7,9H2,1H3,(H,16,17). The first-order valence-electron chi connectivity index (χ1n) is 6.85. The second-order valence-electron chi connectivity index (χ2n) is 5.12. The maximum Gasteiger partial charge on any atom is 0.335 e. The Labute approximate surface area is 124 Å². The molecule has 0 saturated carbocycles. The Bertz CT molecular complexity index is 620. The van der Waals surface area contributed by atoms with E-state index >= 15 is 0 Å². The molecule has 1 saturated heterocycles. The van der Waals surface area contributed by atoms with Crippen molar-refractivity contribution in [3.63, 3.8) is 0 Å². The van der Waals surface area contributed by atoms with Crippen LogP contribution in [0.5, 0.6) is 0 Å². The fraction of sp³-hybridized carbons (Fsp3) is 0.500. The van der Waals surface area contributed by atoms with Crippen molar-refractivity contribution in [3.05, 3.63) is 29.3 Å². The molecule has 1 aliphatic rings. The van der Waals surface area contributed by atoms with Gasteiger partial charge in [-0.15, -0.1) is 0 Å². The van der Waals surface area contributed by atoms with Gasteiger partial charge in [-0.05, 0) is 43.9 Å². The van der Waals surface area contributed by atoms with Gasteiger partial charge in [0, 0.05) is 13.2 Å². The summed E-state index contributed by atoms with van der Waals surface area (Å²) >= 11 is 0. The minimum atomic E-state index is -3.73. The highest BCUT2D eigenvalue weighted by Crippen LogP contribution is 2.17. The monoisotopic (exact) mass is 313 g/mol. The molecule has 0 spiro atoms. The first-order valence-corrected chi connectivity index (χ1v) is 8.33. The Kier molecular flexibility index (Phi) is 4.97. The van der Waals surface area contributed by atoms with Gasteiger partial charge in [-0.1, -0.05) is 6.07 Å². The predicted molar refractivity (Wildman–Crippen MR) is 76.9 cm³/mol. The van der Waals surface area contributed by atoms with Crippen molar-refractivity contribution in [2.75, 3.05) is 13.2 Å². The lowest BCUT2D eigenvalue weighted by Crippen LogP contribution is -2.35. The number of nitrogens with one attached hydrogen (secondary N) is 1. The van der Waals surface area contributed by atoms with Crippen molar-refractivity contribution >= 4 is 16.0 Å². The number of carboxylic acid groups (broad SMARTS) is 1. The summed E-state index contributed by atoms with van der Waals surface area (Å²) in [6, 6.07) is 4.09. The average Bonchev–Trinajstić information content (AvgIpc) is 2.46. The lowest BCUT2D eigenvalue weighted by atomic mass is 10.1. The lowest BCUT2D eigenvalue weighted by molar-refractivity contribution is 0.0200. The molecule has 1 heterocycles. The van der Waals surface area contributed by atoms with Gasteiger partial charge in [0.2, 0.25) is 10.0 Å². The number of carbonyl (C=O) groups is 1. The molecule has 1 fully saturated rings. The number of benzene rings is 1. The molecule has 6 nitrogen and oxygen atoms in total. The van der Waals surface area contributed by atoms with E-state index in [2.05, 4.69) is 4.72 Å². The van der Waals surface area contributed by atoms with Crippen LogP contribution in [0.1, 0.15) is 35.2 Å². The molecule has 0 radical (unpaired) electrons. The molecule has 0 bridgehead atoms. The quantitative estimate of drug-likeness (QED) is 0.860. The van der Waals surface area contributed by atoms with Crippen LogP contribution in [0, 0.1) is 6.92 Å². The fourth-order valence-electron chi connectivity index (χ4n) is 2.25. The van der Waals surface area contributed by atoms with Crippen molar-refractivity contribution < 1.29 is 23.1 Å². The zero-order chi connectivity index (χ0) is 15.5. The van der Waals surface area contributed by atoms with Crippen LogP contribution in [0.15, 0.2) is 23.1 Å². The van der Waals surface area contributed by atoms with Gasteiger partial charge in [0.15, 0.2) is 0 Å². The second kappa shape index (κ2) is 6.55. The Morgan fingerprint density at radius 1 is 1.43 bits per heavy atom. The van der Waals surface area contributed by atoms with Gasteiger partial charge in [0.05, 0.1) is 16.6 Å². The summed E-state index contributed by atoms with van der Waals surface area (Å²) in [5, 5.41) is 9.05. The number of aromatic carboxylic acids is 1. The molecule has 2 rings (SSSR count). The van der Waals surface area contributed by atoms with E-state index in [4.69, 9.17) is 9.84 Å². The fourth-order valence-corrected chi connectivity index (χ4v) is 3.35. The number of hydrogen-bond donors (Lipinski definition) is 2. The van der Waals surface area contributed by atoms with Crippen LogP contribution in [-0.4, -0.2) is 38.7 Å². The van der Waals surface area contributed by atoms with E-state index in [0.29, 0.717) is 12.2 Å². The van der Waals surface area contributed by atoms with Gasteiger partial charge in [-0.25, -0.2) is 17.9 Å². The van der Waals surface area contributed by atoms with Crippen LogP contribution < -0.4 is 4.72 Å². The molecule has 1 atom stereocenters. The van der Waals surface area contributed by atoms with Crippen LogP contribution in [0.25, 0.3) is 0 Å². The SMILES string of the molecule is Cc1ccc(S(=O)(=O)NCC2CCCCO2)cc1C(=O)O. The molecular weight excluding hydrogens is 294 g/mol. The number of aryl methyl sites for hydroxylation is 1. The second-order valence-corrected chi connectivity index (χ2v) is 6.89. The first kappa shape index (κ1) is 15.9. The third kappa shape index (κ3) is 4.03. The Morgan fingerprint density at radius 2 is 2.19 bits per heavy atom. The molecule has 1 aromatic carbocycles. The molecule has 0 amide bonds. The normalized spacial score (nSPS) is 19.4. The topological polar surface area (TPSA) is 92.7 Å². The van der Waals surface area contributed by atoms with Crippen LogP contribution in [0.2, 0.25) is 0 Å². The first-order chi connectivity index (χ1) is 9.90. The molecule has 116 valence electrons. The lowest BCUT2D eigenvalue weighted by Gasteiger charge is -2.22. The van der Waals surface area contributed by atoms with Gasteiger partial charge in [0.1, 0.15) is 0 Å². The van der Waals surface area contributed by atoms with Crippen LogP contribution >= 0.6 is 0 Å². The number of carboxylic acids is 1. The summed E-state index contributed by atoms with van der Waals surface area (Å²) < 4.78 is 32.4. The summed E-state index contributed by atoms with van der Waals surface area (Å²) in [5.41, 5.74) is 0.517. The van der Waals surface area contributed by atoms with Gasteiger partial charge in [-0.3, -0.25) is 0 Å². The number of rotatable bonds is 5. The summed E-state index contributed by atoms with van der Waals surface area (Å²) in [5.74, 6) is -1.14. The Balaban J connectivity index is 2.11. The van der Waals surface area contributed by atoms with E-state index in [1.807, 2.05) is 0 Å². The van der Waals surface area contributed by atoms with Gasteiger partial charge in [-0.2, -0.15) is 0 Å². The minimum absolute atomic E-state index is 0.00760. The number of sulfonamides is 1. The predicted octanol–water partition coefficient (Wildman–Crippen LogP) is 1.54. The summed E-state index contributed by atoms with van der Waals surface area (Å²) in [7, 11) is -3.73. The van der Waals surface area contributed by atoms with Gasteiger partial charge < -0.3 is 9.84 Å². The number of ether oxygens (including phenoxy) is 1. The smallest absolute Gasteiger partial charge is 0.335 e. The van der Waals surface area contributed by atoms with Gasteiger partial charge in [0.25, 0.3) is 0 Å². The Hall–Kier alpha value is -1.44. The van der Waals surface area contributed by atoms with Crippen molar-refractivity contribution in [1.82, 2.24) is 4.72 Å². The van der Waals surface area contributed by atoms with Crippen LogP contribution in [-0.2, 0) is 14.8 Å². The minimum Gasteiger partial charge on any atom is -0.478 e. The highest BCUT2D eigenvalue weighted by Gasteiger charge is 2.20. The van der Waals surface area contributed by atoms with Crippen molar-refractivity contribution in [3.8, 4) is 0 Å². The van der Waals surface area contributed by atoms with Crippen molar-refractivity contribution in [1.29, 1.82) is 0 Å². The van der Waals surface area contributed by atoms with E-state index in [1.165, 1.54) is 18.2 Å². The van der Waals surface area contributed by atoms with E-state index in [-0.39, 0.29) is 23.1 Å². The van der Waals surface area contributed by atoms with Crippen LogP contribution in [0.4, 0.5) is 0 Å². The molecule has 7 heteroatoms.